The Labute approximate surface area is 139 Å². The summed E-state index contributed by atoms with van der Waals surface area (Å²) in [4.78, 5) is 18.8. The molecule has 0 saturated carbocycles. The summed E-state index contributed by atoms with van der Waals surface area (Å²) < 4.78 is 0. The van der Waals surface area contributed by atoms with E-state index in [1.165, 1.54) is 6.92 Å². The standard InChI is InChI=1S/C17H17ClN4O/c1-10(23)20-9-13-5-11-6-15(18)14(7-17(11)22-13)16-4-3-12(19-2)8-21-16/h3-8,19,22H,9H2,1-2H3,(H,20,23). The quantitative estimate of drug-likeness (QED) is 0.686. The van der Waals surface area contributed by atoms with Gasteiger partial charge in [0.05, 0.1) is 29.1 Å². The van der Waals surface area contributed by atoms with E-state index >= 15 is 0 Å². The fraction of sp³-hybridized carbons (Fsp3) is 0.176. The Morgan fingerprint density at radius 1 is 1.30 bits per heavy atom. The van der Waals surface area contributed by atoms with Crippen LogP contribution in [0.5, 0.6) is 0 Å². The highest BCUT2D eigenvalue weighted by atomic mass is 35.5. The molecule has 118 valence electrons. The number of pyridine rings is 1. The van der Waals surface area contributed by atoms with Crippen LogP contribution in [-0.4, -0.2) is 22.9 Å². The van der Waals surface area contributed by atoms with E-state index in [-0.39, 0.29) is 5.91 Å². The minimum absolute atomic E-state index is 0.0591. The highest BCUT2D eigenvalue weighted by Gasteiger charge is 2.10. The number of nitrogens with one attached hydrogen (secondary N) is 3. The zero-order chi connectivity index (χ0) is 16.4. The van der Waals surface area contributed by atoms with Crippen LogP contribution in [0.2, 0.25) is 5.02 Å². The van der Waals surface area contributed by atoms with Gasteiger partial charge in [-0.2, -0.15) is 0 Å². The molecule has 0 spiro atoms. The first-order valence-corrected chi connectivity index (χ1v) is 7.64. The fourth-order valence-corrected chi connectivity index (χ4v) is 2.69. The smallest absolute Gasteiger partial charge is 0.217 e. The molecule has 2 heterocycles. The van der Waals surface area contributed by atoms with Crippen molar-refractivity contribution in [2.45, 2.75) is 13.5 Å². The number of amides is 1. The van der Waals surface area contributed by atoms with Gasteiger partial charge in [0, 0.05) is 36.1 Å². The highest BCUT2D eigenvalue weighted by Crippen LogP contribution is 2.31. The Morgan fingerprint density at radius 3 is 2.78 bits per heavy atom. The van der Waals surface area contributed by atoms with Gasteiger partial charge in [-0.3, -0.25) is 9.78 Å². The molecular formula is C17H17ClN4O. The van der Waals surface area contributed by atoms with Gasteiger partial charge in [-0.25, -0.2) is 0 Å². The minimum atomic E-state index is -0.0591. The van der Waals surface area contributed by atoms with Gasteiger partial charge in [-0.1, -0.05) is 11.6 Å². The number of halogens is 1. The topological polar surface area (TPSA) is 69.8 Å². The number of fused-ring (bicyclic) bond motifs is 1. The third kappa shape index (κ3) is 3.29. The second-order valence-electron chi connectivity index (χ2n) is 5.31. The molecule has 3 rings (SSSR count). The molecule has 0 fully saturated rings. The maximum atomic E-state index is 11.0. The van der Waals surface area contributed by atoms with Crippen molar-refractivity contribution in [3.63, 3.8) is 0 Å². The molecule has 2 aromatic heterocycles. The summed E-state index contributed by atoms with van der Waals surface area (Å²) in [6.45, 7) is 1.96. The van der Waals surface area contributed by atoms with Crippen molar-refractivity contribution in [2.75, 3.05) is 12.4 Å². The molecular weight excluding hydrogens is 312 g/mol. The van der Waals surface area contributed by atoms with Gasteiger partial charge in [0.25, 0.3) is 0 Å². The molecule has 1 amide bonds. The van der Waals surface area contributed by atoms with Crippen LogP contribution in [0, 0.1) is 0 Å². The second-order valence-corrected chi connectivity index (χ2v) is 5.71. The molecule has 0 aliphatic heterocycles. The van der Waals surface area contributed by atoms with E-state index in [9.17, 15) is 4.79 Å². The maximum Gasteiger partial charge on any atom is 0.217 e. The Morgan fingerprint density at radius 2 is 2.13 bits per heavy atom. The van der Waals surface area contributed by atoms with Gasteiger partial charge < -0.3 is 15.6 Å². The number of rotatable bonds is 4. The third-order valence-corrected chi connectivity index (χ3v) is 3.93. The minimum Gasteiger partial charge on any atom is -0.387 e. The van der Waals surface area contributed by atoms with E-state index in [4.69, 9.17) is 11.6 Å². The SMILES string of the molecule is CNc1ccc(-c2cc3[nH]c(CNC(C)=O)cc3cc2Cl)nc1. The Balaban J connectivity index is 1.97. The first kappa shape index (κ1) is 15.4. The number of H-pyrrole nitrogens is 1. The molecule has 0 atom stereocenters. The van der Waals surface area contributed by atoms with Crippen LogP contribution in [-0.2, 0) is 11.3 Å². The number of carbonyl (C=O) groups is 1. The first-order valence-electron chi connectivity index (χ1n) is 7.26. The van der Waals surface area contributed by atoms with Crippen molar-refractivity contribution >= 4 is 34.1 Å². The summed E-state index contributed by atoms with van der Waals surface area (Å²) in [5.41, 5.74) is 4.53. The third-order valence-electron chi connectivity index (χ3n) is 3.62. The molecule has 0 radical (unpaired) electrons. The maximum absolute atomic E-state index is 11.0. The summed E-state index contributed by atoms with van der Waals surface area (Å²) in [7, 11) is 1.85. The lowest BCUT2D eigenvalue weighted by molar-refractivity contribution is -0.119. The van der Waals surface area contributed by atoms with Crippen LogP contribution in [0.4, 0.5) is 5.69 Å². The molecule has 0 bridgehead atoms. The Kier molecular flexibility index (Phi) is 4.21. The van der Waals surface area contributed by atoms with Crippen molar-refractivity contribution in [3.8, 4) is 11.3 Å². The monoisotopic (exact) mass is 328 g/mol. The van der Waals surface area contributed by atoms with E-state index in [2.05, 4.69) is 20.6 Å². The number of benzene rings is 1. The predicted molar refractivity (Wildman–Crippen MR) is 93.6 cm³/mol. The van der Waals surface area contributed by atoms with Gasteiger partial charge in [0.15, 0.2) is 0 Å². The van der Waals surface area contributed by atoms with Gasteiger partial charge in [-0.05, 0) is 30.3 Å². The largest absolute Gasteiger partial charge is 0.387 e. The lowest BCUT2D eigenvalue weighted by atomic mass is 10.1. The van der Waals surface area contributed by atoms with E-state index in [0.29, 0.717) is 11.6 Å². The second kappa shape index (κ2) is 6.30. The number of nitrogens with zero attached hydrogens (tertiary/aromatic N) is 1. The molecule has 3 N–H and O–H groups in total. The Hall–Kier alpha value is -2.53. The number of anilines is 1. The lowest BCUT2D eigenvalue weighted by Crippen LogP contribution is -2.18. The summed E-state index contributed by atoms with van der Waals surface area (Å²) in [5.74, 6) is -0.0591. The molecule has 6 heteroatoms. The molecule has 3 aromatic rings. The van der Waals surface area contributed by atoms with Crippen molar-refractivity contribution in [3.05, 3.63) is 47.2 Å². The van der Waals surface area contributed by atoms with Crippen LogP contribution < -0.4 is 10.6 Å². The zero-order valence-electron chi connectivity index (χ0n) is 12.9. The van der Waals surface area contributed by atoms with Crippen LogP contribution in [0.1, 0.15) is 12.6 Å². The highest BCUT2D eigenvalue weighted by molar-refractivity contribution is 6.34. The predicted octanol–water partition coefficient (Wildman–Crippen LogP) is 3.56. The molecule has 0 saturated heterocycles. The molecule has 0 aliphatic rings. The summed E-state index contributed by atoms with van der Waals surface area (Å²) in [6, 6.07) is 9.77. The van der Waals surface area contributed by atoms with E-state index in [0.717, 1.165) is 33.5 Å². The number of hydrogen-bond donors (Lipinski definition) is 3. The number of carbonyl (C=O) groups excluding carboxylic acids is 1. The lowest BCUT2D eigenvalue weighted by Gasteiger charge is -2.06. The van der Waals surface area contributed by atoms with Crippen LogP contribution in [0.15, 0.2) is 36.5 Å². The van der Waals surface area contributed by atoms with E-state index < -0.39 is 0 Å². The summed E-state index contributed by atoms with van der Waals surface area (Å²) in [6.07, 6.45) is 1.77. The van der Waals surface area contributed by atoms with Gasteiger partial charge in [-0.15, -0.1) is 0 Å². The molecule has 1 aromatic carbocycles. The molecule has 0 unspecified atom stereocenters. The van der Waals surface area contributed by atoms with Crippen LogP contribution >= 0.6 is 11.6 Å². The fourth-order valence-electron chi connectivity index (χ4n) is 2.43. The summed E-state index contributed by atoms with van der Waals surface area (Å²) >= 11 is 6.41. The Bertz CT molecular complexity index is 855. The van der Waals surface area contributed by atoms with E-state index in [1.54, 1.807) is 6.20 Å². The number of aromatic amines is 1. The average Bonchev–Trinajstić information content (AvgIpc) is 2.94. The number of hydrogen-bond acceptors (Lipinski definition) is 3. The van der Waals surface area contributed by atoms with Crippen molar-refractivity contribution < 1.29 is 4.79 Å². The zero-order valence-corrected chi connectivity index (χ0v) is 13.7. The average molecular weight is 329 g/mol. The first-order chi connectivity index (χ1) is 11.1. The van der Waals surface area contributed by atoms with E-state index in [1.807, 2.05) is 37.4 Å². The van der Waals surface area contributed by atoms with Crippen molar-refractivity contribution in [1.82, 2.24) is 15.3 Å². The number of aromatic nitrogens is 2. The summed E-state index contributed by atoms with van der Waals surface area (Å²) in [5, 5.41) is 7.47. The van der Waals surface area contributed by atoms with Crippen molar-refractivity contribution in [1.29, 1.82) is 0 Å². The van der Waals surface area contributed by atoms with Crippen LogP contribution in [0.3, 0.4) is 0 Å². The van der Waals surface area contributed by atoms with Gasteiger partial charge in [0.2, 0.25) is 5.91 Å². The van der Waals surface area contributed by atoms with Gasteiger partial charge in [0.1, 0.15) is 0 Å². The normalized spacial score (nSPS) is 10.7. The van der Waals surface area contributed by atoms with Crippen molar-refractivity contribution in [2.24, 2.45) is 0 Å². The molecule has 0 aliphatic carbocycles. The van der Waals surface area contributed by atoms with Gasteiger partial charge >= 0.3 is 0 Å². The van der Waals surface area contributed by atoms with Crippen LogP contribution in [0.25, 0.3) is 22.2 Å². The molecule has 23 heavy (non-hydrogen) atoms. The molecule has 5 nitrogen and oxygen atoms in total.